The number of anilines is 1. The zero-order valence-electron chi connectivity index (χ0n) is 19.7. The first-order chi connectivity index (χ1) is 17.7. The van der Waals surface area contributed by atoms with Gasteiger partial charge in [-0.25, -0.2) is 4.68 Å². The summed E-state index contributed by atoms with van der Waals surface area (Å²) in [5.41, 5.74) is -3.23. The fraction of sp³-hybridized carbons (Fsp3) is 0.375. The van der Waals surface area contributed by atoms with E-state index in [0.717, 1.165) is 18.2 Å². The van der Waals surface area contributed by atoms with Gasteiger partial charge >= 0.3 is 18.0 Å². The first kappa shape index (κ1) is 26.9. The van der Waals surface area contributed by atoms with Crippen LogP contribution in [0.3, 0.4) is 0 Å². The van der Waals surface area contributed by atoms with Crippen molar-refractivity contribution in [3.8, 4) is 11.4 Å². The lowest BCUT2D eigenvalue weighted by Gasteiger charge is -2.21. The monoisotopic (exact) mass is 581 g/mol. The van der Waals surface area contributed by atoms with E-state index in [-0.39, 0.29) is 23.9 Å². The van der Waals surface area contributed by atoms with Crippen molar-refractivity contribution in [1.29, 1.82) is 0 Å². The van der Waals surface area contributed by atoms with E-state index < -0.39 is 40.3 Å². The van der Waals surface area contributed by atoms with E-state index in [0.29, 0.717) is 41.6 Å². The Bertz CT molecular complexity index is 1380. The maximum Gasteiger partial charge on any atom is 0.422 e. The van der Waals surface area contributed by atoms with Crippen LogP contribution in [0.1, 0.15) is 23.2 Å². The fourth-order valence-electron chi connectivity index (χ4n) is 4.47. The lowest BCUT2D eigenvalue weighted by molar-refractivity contribution is -0.153. The summed E-state index contributed by atoms with van der Waals surface area (Å²) in [6.07, 6.45) is -8.45. The molecule has 2 aliphatic rings. The highest BCUT2D eigenvalue weighted by molar-refractivity contribution is 8.22. The molecule has 0 radical (unpaired) electrons. The maximum absolute atomic E-state index is 14.9. The van der Waals surface area contributed by atoms with Gasteiger partial charge < -0.3 is 9.64 Å². The second kappa shape index (κ2) is 9.51. The van der Waals surface area contributed by atoms with Gasteiger partial charge in [-0.2, -0.15) is 40.2 Å². The Balaban J connectivity index is 1.37. The molecule has 0 saturated carbocycles. The van der Waals surface area contributed by atoms with Gasteiger partial charge in [0.1, 0.15) is 11.6 Å². The van der Waals surface area contributed by atoms with E-state index >= 15 is 0 Å². The van der Waals surface area contributed by atoms with Gasteiger partial charge in [-0.05, 0) is 55.8 Å². The minimum atomic E-state index is -4.58. The lowest BCUT2D eigenvalue weighted by Crippen LogP contribution is -2.25. The summed E-state index contributed by atoms with van der Waals surface area (Å²) in [4.78, 5) is 2.39. The summed E-state index contributed by atoms with van der Waals surface area (Å²) >= 11 is 0. The smallest absolute Gasteiger partial charge is 0.422 e. The Morgan fingerprint density at radius 3 is 2.42 bits per heavy atom. The van der Waals surface area contributed by atoms with Gasteiger partial charge in [0.2, 0.25) is 0 Å². The van der Waals surface area contributed by atoms with Gasteiger partial charge in [-0.15, -0.1) is 10.1 Å². The topological polar surface area (TPSA) is 30.3 Å². The number of aryl methyl sites for hydroxylation is 1. The second-order valence-corrected chi connectivity index (χ2v) is 13.2. The third kappa shape index (κ3) is 5.40. The average Bonchev–Trinajstić information content (AvgIpc) is 3.53. The highest BCUT2D eigenvalue weighted by atomic mass is 32.5. The molecular weight excluding hydrogens is 561 g/mol. The summed E-state index contributed by atoms with van der Waals surface area (Å²) < 4.78 is 112. The molecule has 2 aliphatic heterocycles. The van der Waals surface area contributed by atoms with Gasteiger partial charge in [-0.1, -0.05) is 0 Å². The van der Waals surface area contributed by atoms with Gasteiger partial charge in [0.05, 0.1) is 16.9 Å². The molecule has 204 valence electrons. The predicted octanol–water partition coefficient (Wildman–Crippen LogP) is 7.32. The molecule has 14 heteroatoms. The van der Waals surface area contributed by atoms with Crippen LogP contribution in [0.4, 0.5) is 40.9 Å². The molecule has 1 saturated heterocycles. The summed E-state index contributed by atoms with van der Waals surface area (Å²) in [6.45, 7) is 1.14. The molecule has 2 aromatic carbocycles. The molecule has 5 rings (SSSR count). The van der Waals surface area contributed by atoms with Crippen molar-refractivity contribution in [1.82, 2.24) is 9.78 Å². The number of aromatic nitrogens is 2. The van der Waals surface area contributed by atoms with Crippen molar-refractivity contribution in [2.75, 3.05) is 24.6 Å². The standard InChI is InChI=1S/C24H20F8N3OPS/c1-14-10-21(35(33-14)16-4-2-15(3-5-16)23(28,29)30)34-9-8-18(12-34)38-20-7-6-17(36-13-22(25,26)27)11-19(20)24(31,32)37-38/h2-7,10-11,18H,8-9,12-13H2,1H3. The van der Waals surface area contributed by atoms with Crippen LogP contribution in [-0.2, 0) is 21.9 Å². The number of hydrogen-bond acceptors (Lipinski definition) is 3. The highest BCUT2D eigenvalue weighted by Crippen LogP contribution is 2.53. The number of fused-ring (bicyclic) bond motifs is 1. The number of nitrogens with zero attached hydrogens (tertiary/aromatic N) is 3. The van der Waals surface area contributed by atoms with Crippen molar-refractivity contribution in [3.63, 3.8) is 0 Å². The molecule has 0 bridgehead atoms. The Hall–Kier alpha value is -2.66. The summed E-state index contributed by atoms with van der Waals surface area (Å²) in [6, 6.07) is 10.1. The van der Waals surface area contributed by atoms with Crippen molar-refractivity contribution in [3.05, 3.63) is 65.4 Å². The number of rotatable bonds is 5. The molecule has 2 atom stereocenters. The van der Waals surface area contributed by atoms with Crippen LogP contribution in [-0.4, -0.2) is 40.9 Å². The summed E-state index contributed by atoms with van der Waals surface area (Å²) in [7, 11) is -1.00. The molecule has 4 nitrogen and oxygen atoms in total. The Morgan fingerprint density at radius 1 is 1.05 bits per heavy atom. The molecule has 1 fully saturated rings. The Morgan fingerprint density at radius 2 is 1.76 bits per heavy atom. The number of halogens is 8. The first-order valence-electron chi connectivity index (χ1n) is 11.4. The molecule has 1 aromatic heterocycles. The van der Waals surface area contributed by atoms with E-state index in [4.69, 9.17) is 0 Å². The Labute approximate surface area is 216 Å². The molecular formula is C24H20F8N3OPS. The molecule has 3 heterocycles. The zero-order valence-corrected chi connectivity index (χ0v) is 21.4. The molecule has 0 amide bonds. The number of alkyl halides is 8. The second-order valence-electron chi connectivity index (χ2n) is 8.97. The minimum Gasteiger partial charge on any atom is -0.484 e. The third-order valence-electron chi connectivity index (χ3n) is 6.15. The summed E-state index contributed by atoms with van der Waals surface area (Å²) in [5.74, 6) is 0.387. The number of benzene rings is 2. The van der Waals surface area contributed by atoms with Crippen molar-refractivity contribution >= 4 is 23.2 Å². The summed E-state index contributed by atoms with van der Waals surface area (Å²) in [5, 5.41) is 4.27. The number of hydrogen-bond donors (Lipinski definition) is 0. The first-order valence-corrected chi connectivity index (χ1v) is 14.2. The van der Waals surface area contributed by atoms with E-state index in [1.807, 2.05) is 4.90 Å². The van der Waals surface area contributed by atoms with Crippen molar-refractivity contribution in [2.45, 2.75) is 41.5 Å². The quantitative estimate of drug-likeness (QED) is 0.234. The van der Waals surface area contributed by atoms with E-state index in [1.165, 1.54) is 24.3 Å². The SMILES string of the molecule is Cc1cc(N2CCC(S3=PC(F)(F)c4cc(OCC(F)(F)F)ccc43)C2)n(-c2ccc(C(F)(F)F)cc2)n1. The van der Waals surface area contributed by atoms with E-state index in [1.54, 1.807) is 17.7 Å². The maximum atomic E-state index is 14.9. The van der Waals surface area contributed by atoms with Gasteiger partial charge in [0.25, 0.3) is 0 Å². The third-order valence-corrected chi connectivity index (χ3v) is 11.4. The molecule has 0 spiro atoms. The van der Waals surface area contributed by atoms with Gasteiger partial charge in [0, 0.05) is 42.2 Å². The van der Waals surface area contributed by atoms with Gasteiger partial charge in [0.15, 0.2) is 6.61 Å². The molecule has 0 aliphatic carbocycles. The fourth-order valence-corrected chi connectivity index (χ4v) is 9.72. The van der Waals surface area contributed by atoms with Crippen LogP contribution in [0.5, 0.6) is 5.75 Å². The van der Waals surface area contributed by atoms with E-state index in [2.05, 4.69) is 9.84 Å². The average molecular weight is 581 g/mol. The molecule has 0 N–H and O–H groups in total. The predicted molar refractivity (Wildman–Crippen MR) is 128 cm³/mol. The lowest BCUT2D eigenvalue weighted by atomic mass is 10.2. The van der Waals surface area contributed by atoms with Crippen LogP contribution >= 0.6 is 7.36 Å². The highest BCUT2D eigenvalue weighted by Gasteiger charge is 2.43. The molecule has 2 unspecified atom stereocenters. The van der Waals surface area contributed by atoms with Crippen LogP contribution < -0.4 is 9.64 Å². The van der Waals surface area contributed by atoms with Crippen LogP contribution in [0, 0.1) is 6.92 Å². The van der Waals surface area contributed by atoms with Crippen LogP contribution in [0.2, 0.25) is 0 Å². The van der Waals surface area contributed by atoms with Crippen molar-refractivity contribution < 1.29 is 39.9 Å². The zero-order chi connectivity index (χ0) is 27.5. The van der Waals surface area contributed by atoms with Crippen LogP contribution in [0.15, 0.2) is 53.4 Å². The largest absolute Gasteiger partial charge is 0.484 e. The normalized spacial score (nSPS) is 21.3. The molecule has 38 heavy (non-hydrogen) atoms. The van der Waals surface area contributed by atoms with Gasteiger partial charge in [-0.3, -0.25) is 0 Å². The van der Waals surface area contributed by atoms with Crippen molar-refractivity contribution in [2.24, 2.45) is 0 Å². The Kier molecular flexibility index (Phi) is 6.74. The van der Waals surface area contributed by atoms with E-state index in [9.17, 15) is 35.1 Å². The minimum absolute atomic E-state index is 0.122. The molecule has 3 aromatic rings. The van der Waals surface area contributed by atoms with Crippen LogP contribution in [0.25, 0.3) is 5.69 Å². The number of ether oxygens (including phenoxy) is 1.